The Hall–Kier alpha value is -2.29. The number of anilines is 1. The van der Waals surface area contributed by atoms with Crippen molar-refractivity contribution in [3.8, 4) is 0 Å². The summed E-state index contributed by atoms with van der Waals surface area (Å²) in [7, 11) is -1.66. The number of fused-ring (bicyclic) bond motifs is 1. The zero-order chi connectivity index (χ0) is 15.6. The topological polar surface area (TPSA) is 120 Å². The molecule has 112 valence electrons. The molecule has 1 aromatic heterocycles. The minimum Gasteiger partial charge on any atom is -0.385 e. The summed E-state index contributed by atoms with van der Waals surface area (Å²) >= 11 is 0. The SMILES string of the molecule is CN1C(=O)c2ccccc2S1(O)O.Nc1cccc(=O)[nH]1. The van der Waals surface area contributed by atoms with Gasteiger partial charge in [-0.15, -0.1) is 0 Å². The van der Waals surface area contributed by atoms with Crippen LogP contribution in [0.1, 0.15) is 10.4 Å². The monoisotopic (exact) mass is 309 g/mol. The van der Waals surface area contributed by atoms with Gasteiger partial charge in [-0.2, -0.15) is 0 Å². The van der Waals surface area contributed by atoms with Gasteiger partial charge in [0.05, 0.1) is 10.5 Å². The summed E-state index contributed by atoms with van der Waals surface area (Å²) in [6.45, 7) is 0. The lowest BCUT2D eigenvalue weighted by atomic mass is 10.2. The summed E-state index contributed by atoms with van der Waals surface area (Å²) in [5.74, 6) is 0.0631. The lowest BCUT2D eigenvalue weighted by molar-refractivity contribution is 0.0884. The first-order valence-corrected chi connectivity index (χ1v) is 7.44. The molecular formula is C13H15N3O4S. The third-order valence-electron chi connectivity index (χ3n) is 2.87. The molecule has 2 aromatic rings. The standard InChI is InChI=1S/C8H9NO3S.C5H6N2O/c1-9-8(10)6-4-2-3-5-7(6)13(9,11)12;6-4-2-1-3-5(8)7-4/h2-5,11-12H,1H3;1-3H,(H3,6,7,8). The number of nitrogens with one attached hydrogen (secondary N) is 1. The maximum absolute atomic E-state index is 11.4. The quantitative estimate of drug-likeness (QED) is 0.591. The number of carbonyl (C=O) groups is 1. The predicted molar refractivity (Wildman–Crippen MR) is 81.1 cm³/mol. The van der Waals surface area contributed by atoms with E-state index in [-0.39, 0.29) is 11.5 Å². The molecule has 0 bridgehead atoms. The molecule has 2 heterocycles. The third kappa shape index (κ3) is 2.92. The van der Waals surface area contributed by atoms with Gasteiger partial charge in [-0.25, -0.2) is 4.31 Å². The normalized spacial score (nSPS) is 16.7. The largest absolute Gasteiger partial charge is 0.385 e. The number of amides is 1. The van der Waals surface area contributed by atoms with Gasteiger partial charge >= 0.3 is 0 Å². The summed E-state index contributed by atoms with van der Waals surface area (Å²) in [4.78, 5) is 24.5. The van der Waals surface area contributed by atoms with Gasteiger partial charge in [-0.3, -0.25) is 18.7 Å². The maximum atomic E-state index is 11.4. The number of rotatable bonds is 0. The first kappa shape index (κ1) is 15.1. The molecule has 0 radical (unpaired) electrons. The average molecular weight is 309 g/mol. The van der Waals surface area contributed by atoms with Crippen molar-refractivity contribution < 1.29 is 13.9 Å². The molecule has 0 saturated heterocycles. The Bertz CT molecular complexity index is 729. The van der Waals surface area contributed by atoms with Crippen LogP contribution in [0, 0.1) is 0 Å². The Morgan fingerprint density at radius 3 is 2.29 bits per heavy atom. The third-order valence-corrected chi connectivity index (χ3v) is 4.75. The number of hydrogen-bond donors (Lipinski definition) is 4. The number of pyridine rings is 1. The first-order chi connectivity index (χ1) is 9.84. The van der Waals surface area contributed by atoms with Gasteiger partial charge in [0.15, 0.2) is 0 Å². The van der Waals surface area contributed by atoms with Crippen LogP contribution in [-0.2, 0) is 0 Å². The van der Waals surface area contributed by atoms with Crippen molar-refractivity contribution in [2.45, 2.75) is 4.90 Å². The van der Waals surface area contributed by atoms with E-state index in [0.717, 1.165) is 4.31 Å². The molecule has 5 N–H and O–H groups in total. The van der Waals surface area contributed by atoms with E-state index in [2.05, 4.69) is 4.98 Å². The van der Waals surface area contributed by atoms with E-state index in [1.165, 1.54) is 13.1 Å². The second-order valence-electron chi connectivity index (χ2n) is 4.29. The number of hydrogen-bond acceptors (Lipinski definition) is 5. The lowest BCUT2D eigenvalue weighted by Gasteiger charge is -2.33. The van der Waals surface area contributed by atoms with Gasteiger partial charge in [-0.1, -0.05) is 29.0 Å². The second kappa shape index (κ2) is 5.60. The Labute approximate surface area is 122 Å². The van der Waals surface area contributed by atoms with Crippen molar-refractivity contribution >= 4 is 22.5 Å². The van der Waals surface area contributed by atoms with E-state index in [9.17, 15) is 18.7 Å². The van der Waals surface area contributed by atoms with Gasteiger partial charge < -0.3 is 10.7 Å². The van der Waals surface area contributed by atoms with Crippen LogP contribution >= 0.6 is 10.8 Å². The maximum Gasteiger partial charge on any atom is 0.273 e. The van der Waals surface area contributed by atoms with Crippen LogP contribution in [-0.4, -0.2) is 31.3 Å². The summed E-state index contributed by atoms with van der Waals surface area (Å²) in [5, 5.41) is 0. The molecule has 21 heavy (non-hydrogen) atoms. The highest BCUT2D eigenvalue weighted by atomic mass is 32.3. The minimum absolute atomic E-state index is 0.162. The number of aromatic amines is 1. The molecule has 0 saturated carbocycles. The van der Waals surface area contributed by atoms with E-state index >= 15 is 0 Å². The number of aromatic nitrogens is 1. The van der Waals surface area contributed by atoms with Gasteiger partial charge in [0.2, 0.25) is 5.56 Å². The minimum atomic E-state index is -3.05. The molecule has 8 heteroatoms. The molecule has 0 aliphatic carbocycles. The molecule has 0 unspecified atom stereocenters. The van der Waals surface area contributed by atoms with Crippen LogP contribution in [0.3, 0.4) is 0 Å². The van der Waals surface area contributed by atoms with Gasteiger partial charge in [0.25, 0.3) is 5.91 Å². The Morgan fingerprint density at radius 1 is 1.10 bits per heavy atom. The van der Waals surface area contributed by atoms with E-state index in [1.54, 1.807) is 36.4 Å². The summed E-state index contributed by atoms with van der Waals surface area (Å²) in [5.41, 5.74) is 5.42. The molecule has 1 amide bonds. The Morgan fingerprint density at radius 2 is 1.76 bits per heavy atom. The zero-order valence-corrected chi connectivity index (χ0v) is 12.0. The van der Waals surface area contributed by atoms with Gasteiger partial charge in [-0.05, 0) is 18.2 Å². The van der Waals surface area contributed by atoms with Gasteiger partial charge in [0, 0.05) is 13.1 Å². The van der Waals surface area contributed by atoms with Crippen molar-refractivity contribution in [3.63, 3.8) is 0 Å². The molecule has 3 rings (SSSR count). The number of nitrogens with two attached hydrogens (primary N) is 1. The highest BCUT2D eigenvalue weighted by molar-refractivity contribution is 8.23. The average Bonchev–Trinajstić information content (AvgIpc) is 2.62. The number of nitrogen functional groups attached to an aromatic ring is 1. The highest BCUT2D eigenvalue weighted by Crippen LogP contribution is 2.57. The molecule has 0 atom stereocenters. The number of nitrogens with zero attached hydrogens (tertiary/aromatic N) is 1. The van der Waals surface area contributed by atoms with Crippen LogP contribution in [0.5, 0.6) is 0 Å². The van der Waals surface area contributed by atoms with Crippen molar-refractivity contribution in [1.29, 1.82) is 0 Å². The highest BCUT2D eigenvalue weighted by Gasteiger charge is 2.38. The molecule has 7 nitrogen and oxygen atoms in total. The van der Waals surface area contributed by atoms with Crippen molar-refractivity contribution in [1.82, 2.24) is 9.29 Å². The molecule has 0 fully saturated rings. The van der Waals surface area contributed by atoms with Crippen molar-refractivity contribution in [2.75, 3.05) is 12.8 Å². The van der Waals surface area contributed by atoms with E-state index < -0.39 is 10.8 Å². The fourth-order valence-corrected chi connectivity index (χ4v) is 3.12. The van der Waals surface area contributed by atoms with E-state index in [4.69, 9.17) is 5.73 Å². The predicted octanol–water partition coefficient (Wildman–Crippen LogP) is 1.75. The smallest absolute Gasteiger partial charge is 0.273 e. The number of benzene rings is 1. The molecule has 1 aliphatic rings. The fraction of sp³-hybridized carbons (Fsp3) is 0.0769. The van der Waals surface area contributed by atoms with E-state index in [1.807, 2.05) is 0 Å². The zero-order valence-electron chi connectivity index (χ0n) is 11.2. The molecule has 1 aromatic carbocycles. The van der Waals surface area contributed by atoms with Crippen molar-refractivity contribution in [3.05, 3.63) is 58.4 Å². The van der Waals surface area contributed by atoms with E-state index in [0.29, 0.717) is 16.3 Å². The Kier molecular flexibility index (Phi) is 4.03. The van der Waals surface area contributed by atoms with Gasteiger partial charge in [0.1, 0.15) is 5.82 Å². The molecule has 0 spiro atoms. The van der Waals surface area contributed by atoms with Crippen LogP contribution in [0.2, 0.25) is 0 Å². The number of H-pyrrole nitrogens is 1. The van der Waals surface area contributed by atoms with Crippen molar-refractivity contribution in [2.24, 2.45) is 0 Å². The van der Waals surface area contributed by atoms with Crippen LogP contribution in [0.25, 0.3) is 0 Å². The van der Waals surface area contributed by atoms with Crippen LogP contribution in [0.15, 0.2) is 52.2 Å². The second-order valence-corrected chi connectivity index (χ2v) is 6.31. The lowest BCUT2D eigenvalue weighted by Crippen LogP contribution is -2.22. The van der Waals surface area contributed by atoms with Crippen LogP contribution in [0.4, 0.5) is 5.82 Å². The molecular weight excluding hydrogens is 294 g/mol. The first-order valence-electron chi connectivity index (χ1n) is 5.94. The summed E-state index contributed by atoms with van der Waals surface area (Å²) < 4.78 is 20.2. The fourth-order valence-electron chi connectivity index (χ4n) is 1.78. The Balaban J connectivity index is 0.000000173. The summed E-state index contributed by atoms with van der Waals surface area (Å²) in [6.07, 6.45) is 0. The van der Waals surface area contributed by atoms with Crippen LogP contribution < -0.4 is 11.3 Å². The summed E-state index contributed by atoms with van der Waals surface area (Å²) in [6, 6.07) is 11.2. The number of carbonyl (C=O) groups excluding carboxylic acids is 1. The molecule has 1 aliphatic heterocycles.